The first-order valence-electron chi connectivity index (χ1n) is 6.60. The molecule has 0 aliphatic rings. The highest BCUT2D eigenvalue weighted by Crippen LogP contribution is 2.19. The van der Waals surface area contributed by atoms with E-state index in [-0.39, 0.29) is 6.54 Å². The Morgan fingerprint density at radius 3 is 2.75 bits per heavy atom. The lowest BCUT2D eigenvalue weighted by atomic mass is 10.2. The topological polar surface area (TPSA) is 70.2 Å². The van der Waals surface area contributed by atoms with Gasteiger partial charge in [-0.1, -0.05) is 31.0 Å². The first-order chi connectivity index (χ1) is 9.52. The molecule has 1 aromatic rings. The van der Waals surface area contributed by atoms with Gasteiger partial charge in [0, 0.05) is 17.3 Å². The molecule has 0 fully saturated rings. The number of halogens is 1. The van der Waals surface area contributed by atoms with Crippen LogP contribution in [0.4, 0.5) is 10.5 Å². The predicted octanol–water partition coefficient (Wildman–Crippen LogP) is 2.69. The Morgan fingerprint density at radius 2 is 2.05 bits per heavy atom. The van der Waals surface area contributed by atoms with E-state index in [9.17, 15) is 9.59 Å². The summed E-state index contributed by atoms with van der Waals surface area (Å²) in [6.45, 7) is 4.52. The number of anilines is 1. The van der Waals surface area contributed by atoms with Gasteiger partial charge in [-0.3, -0.25) is 10.1 Å². The molecule has 0 atom stereocenters. The first kappa shape index (κ1) is 16.3. The van der Waals surface area contributed by atoms with E-state index in [2.05, 4.69) is 16.0 Å². The van der Waals surface area contributed by atoms with Gasteiger partial charge in [-0.15, -0.1) is 0 Å². The zero-order chi connectivity index (χ0) is 15.0. The molecule has 3 N–H and O–H groups in total. The van der Waals surface area contributed by atoms with Crippen LogP contribution in [0.3, 0.4) is 0 Å². The molecule has 5 nitrogen and oxygen atoms in total. The average Bonchev–Trinajstić information content (AvgIpc) is 2.40. The maximum atomic E-state index is 11.6. The van der Waals surface area contributed by atoms with Gasteiger partial charge in [0.05, 0.1) is 6.54 Å². The van der Waals surface area contributed by atoms with Crippen molar-refractivity contribution in [3.63, 3.8) is 0 Å². The van der Waals surface area contributed by atoms with Crippen molar-refractivity contribution in [2.75, 3.05) is 18.4 Å². The Morgan fingerprint density at radius 1 is 1.30 bits per heavy atom. The fourth-order valence-corrected chi connectivity index (χ4v) is 1.73. The number of amides is 3. The van der Waals surface area contributed by atoms with Crippen molar-refractivity contribution >= 4 is 29.2 Å². The van der Waals surface area contributed by atoms with Gasteiger partial charge in [-0.2, -0.15) is 0 Å². The lowest BCUT2D eigenvalue weighted by molar-refractivity contribution is -0.118. The fraction of sp³-hybridized carbons (Fsp3) is 0.429. The van der Waals surface area contributed by atoms with Crippen LogP contribution in [0.2, 0.25) is 5.02 Å². The van der Waals surface area contributed by atoms with Gasteiger partial charge >= 0.3 is 6.03 Å². The summed E-state index contributed by atoms with van der Waals surface area (Å²) >= 11 is 5.88. The molecule has 0 bridgehead atoms. The van der Waals surface area contributed by atoms with Gasteiger partial charge in [-0.25, -0.2) is 4.79 Å². The number of benzene rings is 1. The largest absolute Gasteiger partial charge is 0.376 e. The SMILES string of the molecule is CCCCNC(=O)NC(=O)CNc1cc(Cl)ccc1C. The minimum Gasteiger partial charge on any atom is -0.376 e. The number of hydrogen-bond acceptors (Lipinski definition) is 3. The van der Waals surface area contributed by atoms with E-state index in [1.54, 1.807) is 12.1 Å². The third-order valence-corrected chi connectivity index (χ3v) is 2.94. The number of urea groups is 1. The minimum atomic E-state index is -0.465. The highest BCUT2D eigenvalue weighted by Gasteiger charge is 2.07. The van der Waals surface area contributed by atoms with Gasteiger partial charge in [0.2, 0.25) is 5.91 Å². The molecule has 0 radical (unpaired) electrons. The van der Waals surface area contributed by atoms with Gasteiger partial charge in [0.1, 0.15) is 0 Å². The van der Waals surface area contributed by atoms with E-state index in [1.807, 2.05) is 19.9 Å². The summed E-state index contributed by atoms with van der Waals surface area (Å²) in [4.78, 5) is 23.0. The summed E-state index contributed by atoms with van der Waals surface area (Å²) in [6.07, 6.45) is 1.88. The van der Waals surface area contributed by atoms with Crippen LogP contribution in [0, 0.1) is 6.92 Å². The van der Waals surface area contributed by atoms with Crippen LogP contribution in [0.5, 0.6) is 0 Å². The van der Waals surface area contributed by atoms with Gasteiger partial charge < -0.3 is 10.6 Å². The highest BCUT2D eigenvalue weighted by atomic mass is 35.5. The van der Waals surface area contributed by atoms with Crippen molar-refractivity contribution in [2.45, 2.75) is 26.7 Å². The molecular formula is C14H20ClN3O2. The van der Waals surface area contributed by atoms with Crippen LogP contribution in [0.25, 0.3) is 0 Å². The van der Waals surface area contributed by atoms with Crippen molar-refractivity contribution in [3.8, 4) is 0 Å². The van der Waals surface area contributed by atoms with Crippen LogP contribution in [0.15, 0.2) is 18.2 Å². The zero-order valence-electron chi connectivity index (χ0n) is 11.8. The lowest BCUT2D eigenvalue weighted by Crippen LogP contribution is -2.42. The molecule has 0 unspecified atom stereocenters. The molecule has 0 aliphatic carbocycles. The molecule has 3 amide bonds. The molecule has 0 saturated carbocycles. The maximum absolute atomic E-state index is 11.6. The number of carbonyl (C=O) groups excluding carboxylic acids is 2. The van der Waals surface area contributed by atoms with Crippen molar-refractivity contribution < 1.29 is 9.59 Å². The lowest BCUT2D eigenvalue weighted by Gasteiger charge is -2.10. The van der Waals surface area contributed by atoms with E-state index in [4.69, 9.17) is 11.6 Å². The minimum absolute atomic E-state index is 0.0162. The number of imide groups is 1. The maximum Gasteiger partial charge on any atom is 0.321 e. The van der Waals surface area contributed by atoms with Crippen LogP contribution < -0.4 is 16.0 Å². The number of nitrogens with one attached hydrogen (secondary N) is 3. The Bertz CT molecular complexity index is 477. The first-order valence-corrected chi connectivity index (χ1v) is 6.98. The Balaban J connectivity index is 2.36. The predicted molar refractivity (Wildman–Crippen MR) is 81.1 cm³/mol. The van der Waals surface area contributed by atoms with Crippen LogP contribution >= 0.6 is 11.6 Å². The van der Waals surface area contributed by atoms with Crippen molar-refractivity contribution in [3.05, 3.63) is 28.8 Å². The Kier molecular flexibility index (Phi) is 6.87. The number of hydrogen-bond donors (Lipinski definition) is 3. The molecule has 0 saturated heterocycles. The van der Waals surface area contributed by atoms with E-state index >= 15 is 0 Å². The van der Waals surface area contributed by atoms with Gasteiger partial charge in [0.25, 0.3) is 0 Å². The number of rotatable bonds is 6. The molecular weight excluding hydrogens is 278 g/mol. The molecule has 0 heterocycles. The third-order valence-electron chi connectivity index (χ3n) is 2.71. The normalized spacial score (nSPS) is 9.95. The average molecular weight is 298 g/mol. The summed E-state index contributed by atoms with van der Waals surface area (Å²) in [5, 5.41) is 8.42. The van der Waals surface area contributed by atoms with E-state index in [0.717, 1.165) is 24.1 Å². The molecule has 0 aromatic heterocycles. The monoisotopic (exact) mass is 297 g/mol. The summed E-state index contributed by atoms with van der Waals surface area (Å²) in [6, 6.07) is 4.92. The fourth-order valence-electron chi connectivity index (χ4n) is 1.55. The second kappa shape index (κ2) is 8.43. The Labute approximate surface area is 124 Å². The van der Waals surface area contributed by atoms with Crippen LogP contribution in [-0.4, -0.2) is 25.0 Å². The third kappa shape index (κ3) is 5.93. The second-order valence-corrected chi connectivity index (χ2v) is 4.91. The molecule has 0 aliphatic heterocycles. The standard InChI is InChI=1S/C14H20ClN3O2/c1-3-4-7-16-14(20)18-13(19)9-17-12-8-11(15)6-5-10(12)2/h5-6,8,17H,3-4,7,9H2,1-2H3,(H2,16,18,19,20). The summed E-state index contributed by atoms with van der Waals surface area (Å²) in [7, 11) is 0. The second-order valence-electron chi connectivity index (χ2n) is 4.47. The smallest absolute Gasteiger partial charge is 0.321 e. The number of unbranched alkanes of at least 4 members (excludes halogenated alkanes) is 1. The molecule has 20 heavy (non-hydrogen) atoms. The van der Waals surface area contributed by atoms with E-state index in [1.165, 1.54) is 0 Å². The summed E-state index contributed by atoms with van der Waals surface area (Å²) in [5.41, 5.74) is 1.76. The highest BCUT2D eigenvalue weighted by molar-refractivity contribution is 6.30. The van der Waals surface area contributed by atoms with Crippen LogP contribution in [0.1, 0.15) is 25.3 Å². The van der Waals surface area contributed by atoms with Gasteiger partial charge in [-0.05, 0) is 31.0 Å². The van der Waals surface area contributed by atoms with Crippen molar-refractivity contribution in [1.82, 2.24) is 10.6 Å². The molecule has 110 valence electrons. The van der Waals surface area contributed by atoms with Crippen molar-refractivity contribution in [1.29, 1.82) is 0 Å². The summed E-state index contributed by atoms with van der Waals surface area (Å²) < 4.78 is 0. The van der Waals surface area contributed by atoms with E-state index < -0.39 is 11.9 Å². The van der Waals surface area contributed by atoms with Crippen molar-refractivity contribution in [2.24, 2.45) is 0 Å². The quantitative estimate of drug-likeness (QED) is 0.707. The number of carbonyl (C=O) groups is 2. The van der Waals surface area contributed by atoms with Crippen LogP contribution in [-0.2, 0) is 4.79 Å². The van der Waals surface area contributed by atoms with Gasteiger partial charge in [0.15, 0.2) is 0 Å². The summed E-state index contributed by atoms with van der Waals surface area (Å²) in [5.74, 6) is -0.390. The molecule has 6 heteroatoms. The molecule has 0 spiro atoms. The zero-order valence-corrected chi connectivity index (χ0v) is 12.5. The Hall–Kier alpha value is -1.75. The number of aryl methyl sites for hydroxylation is 1. The van der Waals surface area contributed by atoms with E-state index in [0.29, 0.717) is 11.6 Å². The molecule has 1 rings (SSSR count). The molecule has 1 aromatic carbocycles.